The van der Waals surface area contributed by atoms with E-state index in [1.165, 1.54) is 32.1 Å². The average molecular weight is 259 g/mol. The van der Waals surface area contributed by atoms with Gasteiger partial charge in [-0.25, -0.2) is 4.98 Å². The van der Waals surface area contributed by atoms with Crippen molar-refractivity contribution < 1.29 is 4.74 Å². The van der Waals surface area contributed by atoms with Crippen LogP contribution in [0.25, 0.3) is 11.0 Å². The van der Waals surface area contributed by atoms with E-state index in [0.717, 1.165) is 29.2 Å². The molecule has 1 aromatic carbocycles. The predicted octanol–water partition coefficient (Wildman–Crippen LogP) is 3.21. The molecule has 0 bridgehead atoms. The Bertz CT molecular complexity index is 570. The molecule has 4 nitrogen and oxygen atoms in total. The van der Waals surface area contributed by atoms with Gasteiger partial charge < -0.3 is 15.0 Å². The first-order chi connectivity index (χ1) is 9.29. The molecule has 3 rings (SSSR count). The molecule has 0 amide bonds. The van der Waals surface area contributed by atoms with Gasteiger partial charge in [0.15, 0.2) is 0 Å². The van der Waals surface area contributed by atoms with Gasteiger partial charge in [-0.15, -0.1) is 0 Å². The summed E-state index contributed by atoms with van der Waals surface area (Å²) >= 11 is 0. The second-order valence-corrected chi connectivity index (χ2v) is 5.39. The Hall–Kier alpha value is -1.71. The quantitative estimate of drug-likeness (QED) is 0.917. The van der Waals surface area contributed by atoms with Gasteiger partial charge in [-0.2, -0.15) is 0 Å². The fourth-order valence-electron chi connectivity index (χ4n) is 3.15. The van der Waals surface area contributed by atoms with Crippen LogP contribution in [-0.4, -0.2) is 16.7 Å². The number of aromatic nitrogens is 2. The van der Waals surface area contributed by atoms with Crippen LogP contribution in [0.3, 0.4) is 0 Å². The van der Waals surface area contributed by atoms with Crippen molar-refractivity contribution in [2.24, 2.45) is 5.92 Å². The first-order valence-electron chi connectivity index (χ1n) is 7.08. The Morgan fingerprint density at radius 2 is 2.16 bits per heavy atom. The molecule has 102 valence electrons. The smallest absolute Gasteiger partial charge is 0.201 e. The molecule has 2 aromatic rings. The third-order valence-electron chi connectivity index (χ3n) is 4.23. The summed E-state index contributed by atoms with van der Waals surface area (Å²) in [6.45, 7) is 0.958. The van der Waals surface area contributed by atoms with Crippen molar-refractivity contribution in [3.05, 3.63) is 18.2 Å². The van der Waals surface area contributed by atoms with E-state index in [4.69, 9.17) is 10.5 Å². The number of benzene rings is 1. The lowest BCUT2D eigenvalue weighted by molar-refractivity contribution is 0.419. The first kappa shape index (κ1) is 12.3. The third-order valence-corrected chi connectivity index (χ3v) is 4.23. The minimum atomic E-state index is 0.595. The zero-order valence-corrected chi connectivity index (χ0v) is 11.4. The number of nitrogens with two attached hydrogens (primary N) is 1. The summed E-state index contributed by atoms with van der Waals surface area (Å²) in [5.74, 6) is 2.25. The van der Waals surface area contributed by atoms with Gasteiger partial charge >= 0.3 is 0 Å². The van der Waals surface area contributed by atoms with E-state index in [-0.39, 0.29) is 0 Å². The Kier molecular flexibility index (Phi) is 3.32. The number of imidazole rings is 1. The molecule has 0 unspecified atom stereocenters. The van der Waals surface area contributed by atoms with E-state index in [9.17, 15) is 0 Å². The topological polar surface area (TPSA) is 53.1 Å². The van der Waals surface area contributed by atoms with Crippen LogP contribution in [0.5, 0.6) is 5.75 Å². The van der Waals surface area contributed by atoms with Gasteiger partial charge in [0.05, 0.1) is 12.6 Å². The number of rotatable bonds is 4. The first-order valence-corrected chi connectivity index (χ1v) is 7.08. The Morgan fingerprint density at radius 1 is 1.37 bits per heavy atom. The molecule has 0 radical (unpaired) electrons. The maximum absolute atomic E-state index is 6.06. The molecule has 1 fully saturated rings. The summed E-state index contributed by atoms with van der Waals surface area (Å²) < 4.78 is 7.46. The molecule has 0 aliphatic heterocycles. The fourth-order valence-corrected chi connectivity index (χ4v) is 3.15. The van der Waals surface area contributed by atoms with Crippen LogP contribution in [-0.2, 0) is 6.54 Å². The van der Waals surface area contributed by atoms with E-state index in [1.54, 1.807) is 7.11 Å². The average Bonchev–Trinajstić information content (AvgIpc) is 3.03. The van der Waals surface area contributed by atoms with Gasteiger partial charge in [0.1, 0.15) is 11.3 Å². The number of ether oxygens (including phenoxy) is 1. The molecular formula is C15H21N3O. The van der Waals surface area contributed by atoms with Crippen molar-refractivity contribution in [1.82, 2.24) is 9.55 Å². The zero-order valence-electron chi connectivity index (χ0n) is 11.4. The normalized spacial score (nSPS) is 16.3. The summed E-state index contributed by atoms with van der Waals surface area (Å²) in [6.07, 6.45) is 6.72. The molecule has 1 saturated carbocycles. The molecule has 19 heavy (non-hydrogen) atoms. The van der Waals surface area contributed by atoms with E-state index in [0.29, 0.717) is 5.95 Å². The highest BCUT2D eigenvalue weighted by Gasteiger charge is 2.17. The monoisotopic (exact) mass is 259 g/mol. The minimum absolute atomic E-state index is 0.595. The van der Waals surface area contributed by atoms with E-state index < -0.39 is 0 Å². The van der Waals surface area contributed by atoms with Gasteiger partial charge in [0, 0.05) is 6.54 Å². The Labute approximate surface area is 113 Å². The van der Waals surface area contributed by atoms with E-state index >= 15 is 0 Å². The third kappa shape index (κ3) is 2.27. The van der Waals surface area contributed by atoms with E-state index in [1.807, 2.05) is 12.1 Å². The number of aryl methyl sites for hydroxylation is 1. The summed E-state index contributed by atoms with van der Waals surface area (Å²) in [4.78, 5) is 4.44. The predicted molar refractivity (Wildman–Crippen MR) is 77.3 cm³/mol. The fraction of sp³-hybridized carbons (Fsp3) is 0.533. The van der Waals surface area contributed by atoms with Crippen molar-refractivity contribution in [2.75, 3.05) is 12.8 Å². The standard InChI is InChI=1S/C15H21N3O/c1-19-13-8-4-7-12-14(13)17-15(16)18(12)10-9-11-5-2-3-6-11/h4,7-8,11H,2-3,5-6,9-10H2,1H3,(H2,16,17). The lowest BCUT2D eigenvalue weighted by atomic mass is 10.0. The number of nitrogens with zero attached hydrogens (tertiary/aromatic N) is 2. The van der Waals surface area contributed by atoms with Crippen LogP contribution in [0.1, 0.15) is 32.1 Å². The number of anilines is 1. The van der Waals surface area contributed by atoms with Crippen molar-refractivity contribution in [3.63, 3.8) is 0 Å². The molecule has 2 N–H and O–H groups in total. The molecule has 1 aromatic heterocycles. The van der Waals surface area contributed by atoms with Gasteiger partial charge in [0.25, 0.3) is 0 Å². The summed E-state index contributed by atoms with van der Waals surface area (Å²) in [5, 5.41) is 0. The maximum Gasteiger partial charge on any atom is 0.201 e. The summed E-state index contributed by atoms with van der Waals surface area (Å²) in [7, 11) is 1.67. The number of para-hydroxylation sites is 1. The molecule has 0 spiro atoms. The number of fused-ring (bicyclic) bond motifs is 1. The van der Waals surface area contributed by atoms with Crippen LogP contribution in [0, 0.1) is 5.92 Å². The molecule has 1 heterocycles. The lowest BCUT2D eigenvalue weighted by Gasteiger charge is -2.11. The summed E-state index contributed by atoms with van der Waals surface area (Å²) in [6, 6.07) is 5.99. The lowest BCUT2D eigenvalue weighted by Crippen LogP contribution is -2.06. The van der Waals surface area contributed by atoms with Crippen molar-refractivity contribution in [2.45, 2.75) is 38.6 Å². The van der Waals surface area contributed by atoms with Gasteiger partial charge in [-0.3, -0.25) is 0 Å². The number of hydrogen-bond donors (Lipinski definition) is 1. The van der Waals surface area contributed by atoms with Crippen LogP contribution < -0.4 is 10.5 Å². The molecule has 1 aliphatic carbocycles. The number of methoxy groups -OCH3 is 1. The van der Waals surface area contributed by atoms with E-state index in [2.05, 4.69) is 15.6 Å². The van der Waals surface area contributed by atoms with Gasteiger partial charge in [-0.05, 0) is 24.5 Å². The molecule has 1 aliphatic rings. The van der Waals surface area contributed by atoms with Crippen LogP contribution in [0.15, 0.2) is 18.2 Å². The van der Waals surface area contributed by atoms with Gasteiger partial charge in [-0.1, -0.05) is 31.7 Å². The molecule has 0 saturated heterocycles. The Morgan fingerprint density at radius 3 is 2.89 bits per heavy atom. The number of nitrogen functional groups attached to an aromatic ring is 1. The maximum atomic E-state index is 6.06. The van der Waals surface area contributed by atoms with Crippen LogP contribution in [0.2, 0.25) is 0 Å². The summed E-state index contributed by atoms with van der Waals surface area (Å²) in [5.41, 5.74) is 8.01. The van der Waals surface area contributed by atoms with Gasteiger partial charge in [0.2, 0.25) is 5.95 Å². The highest BCUT2D eigenvalue weighted by atomic mass is 16.5. The highest BCUT2D eigenvalue weighted by molar-refractivity contribution is 5.84. The van der Waals surface area contributed by atoms with Crippen molar-refractivity contribution in [3.8, 4) is 5.75 Å². The van der Waals surface area contributed by atoms with Crippen LogP contribution >= 0.6 is 0 Å². The van der Waals surface area contributed by atoms with Crippen molar-refractivity contribution >= 4 is 17.0 Å². The van der Waals surface area contributed by atoms with Crippen LogP contribution in [0.4, 0.5) is 5.95 Å². The minimum Gasteiger partial charge on any atom is -0.494 e. The Balaban J connectivity index is 1.87. The second-order valence-electron chi connectivity index (χ2n) is 5.39. The largest absolute Gasteiger partial charge is 0.494 e. The molecule has 4 heteroatoms. The SMILES string of the molecule is COc1cccc2c1nc(N)n2CCC1CCCC1. The zero-order chi connectivity index (χ0) is 13.2. The highest BCUT2D eigenvalue weighted by Crippen LogP contribution is 2.30. The number of hydrogen-bond acceptors (Lipinski definition) is 3. The molecule has 0 atom stereocenters. The van der Waals surface area contributed by atoms with Crippen molar-refractivity contribution in [1.29, 1.82) is 0 Å². The second kappa shape index (κ2) is 5.11. The molecular weight excluding hydrogens is 238 g/mol.